The van der Waals surface area contributed by atoms with Crippen LogP contribution in [0.2, 0.25) is 0 Å². The summed E-state index contributed by atoms with van der Waals surface area (Å²) >= 11 is 0. The summed E-state index contributed by atoms with van der Waals surface area (Å²) in [7, 11) is 1.91. The van der Waals surface area contributed by atoms with Crippen LogP contribution in [0, 0.1) is 32.3 Å². The first kappa shape index (κ1) is 48.6. The van der Waals surface area contributed by atoms with Gasteiger partial charge in [-0.2, -0.15) is 0 Å². The van der Waals surface area contributed by atoms with Gasteiger partial charge in [0.2, 0.25) is 0 Å². The highest BCUT2D eigenvalue weighted by molar-refractivity contribution is 5.93. The lowest BCUT2D eigenvalue weighted by atomic mass is 9.92. The third-order valence-corrected chi connectivity index (χ3v) is 10.7. The number of likely N-dealkylation sites (tertiary alicyclic amines) is 1. The molecule has 0 saturated carbocycles. The van der Waals surface area contributed by atoms with Crippen LogP contribution in [-0.4, -0.2) is 107 Å². The molecule has 0 radical (unpaired) electrons. The number of hydrogen-bond acceptors (Lipinski definition) is 14. The molecule has 4 rings (SSSR count). The Balaban J connectivity index is 1.27. The molecule has 0 aliphatic carbocycles. The van der Waals surface area contributed by atoms with Crippen LogP contribution in [0.15, 0.2) is 30.7 Å². The minimum Gasteiger partial charge on any atom is -0.462 e. The number of ether oxygens (including phenoxy) is 5. The summed E-state index contributed by atoms with van der Waals surface area (Å²) in [4.78, 5) is 91.1. The maximum Gasteiger partial charge on any atom is 0.420 e. The number of aryl methyl sites for hydroxylation is 2. The number of aromatic nitrogens is 3. The fourth-order valence-corrected chi connectivity index (χ4v) is 7.39. The summed E-state index contributed by atoms with van der Waals surface area (Å²) in [5.74, 6) is -0.838. The zero-order chi connectivity index (χ0) is 45.3. The molecule has 1 aliphatic rings. The molecular weight excluding hydrogens is 801 g/mol. The number of esters is 4. The standard InChI is InChI=1S/C45H60N6O11/c1-9-12-38(53)58-26-34(27-59-39(54)13-10-2)61-41(56)20-29(3)14-11-15-40(55)62-42-31(5)21-33(22-32(42)6)25-60-45(57)51-19-17-35-43(47-28-48-44(35)51)49(8)36-24-50(18-16-30(36)4)37(52)23-46-7/h17,19,21-22,28-30,34,36H,9-16,18,20,23-27H2,1-6,8H3/t29?,30-,36?/m1/s1. The fourth-order valence-electron chi connectivity index (χ4n) is 7.39. The van der Waals surface area contributed by atoms with E-state index in [0.717, 1.165) is 6.42 Å². The molecule has 2 unspecified atom stereocenters. The number of nitrogens with zero attached hydrogens (tertiary/aromatic N) is 6. The zero-order valence-electron chi connectivity index (χ0n) is 37.0. The monoisotopic (exact) mass is 860 g/mol. The van der Waals surface area contributed by atoms with Crippen molar-refractivity contribution in [2.45, 2.75) is 118 Å². The van der Waals surface area contributed by atoms with E-state index in [1.165, 1.54) is 10.9 Å². The van der Waals surface area contributed by atoms with E-state index in [-0.39, 0.29) is 75.8 Å². The molecule has 1 aromatic carbocycles. The van der Waals surface area contributed by atoms with Crippen molar-refractivity contribution in [3.05, 3.63) is 58.8 Å². The Morgan fingerprint density at radius 2 is 1.60 bits per heavy atom. The van der Waals surface area contributed by atoms with Crippen LogP contribution in [-0.2, 0) is 49.5 Å². The molecule has 0 bridgehead atoms. The molecule has 2 aromatic heterocycles. The van der Waals surface area contributed by atoms with Crippen LogP contribution in [0.4, 0.5) is 10.6 Å². The predicted molar refractivity (Wildman–Crippen MR) is 228 cm³/mol. The Bertz CT molecular complexity index is 2050. The minimum atomic E-state index is -0.922. The van der Waals surface area contributed by atoms with Crippen molar-refractivity contribution in [3.63, 3.8) is 0 Å². The summed E-state index contributed by atoms with van der Waals surface area (Å²) in [5, 5.41) is 0.647. The molecule has 1 aliphatic heterocycles. The molecule has 3 aromatic rings. The Morgan fingerprint density at radius 3 is 2.23 bits per heavy atom. The van der Waals surface area contributed by atoms with Crippen LogP contribution in [0.3, 0.4) is 0 Å². The van der Waals surface area contributed by atoms with Gasteiger partial charge in [0, 0.05) is 52.0 Å². The first-order valence-electron chi connectivity index (χ1n) is 21.3. The number of piperidine rings is 1. The summed E-state index contributed by atoms with van der Waals surface area (Å²) in [5.41, 5.74) is 2.45. The van der Waals surface area contributed by atoms with Crippen LogP contribution < -0.4 is 9.64 Å². The van der Waals surface area contributed by atoms with Crippen molar-refractivity contribution in [3.8, 4) is 5.75 Å². The van der Waals surface area contributed by atoms with Gasteiger partial charge in [-0.1, -0.05) is 27.7 Å². The van der Waals surface area contributed by atoms with Crippen LogP contribution in [0.5, 0.6) is 5.75 Å². The molecule has 17 nitrogen and oxygen atoms in total. The van der Waals surface area contributed by atoms with Crippen molar-refractivity contribution in [2.24, 2.45) is 11.8 Å². The predicted octanol–water partition coefficient (Wildman–Crippen LogP) is 6.53. The number of likely N-dealkylation sites (N-methyl/N-ethyl adjacent to an activating group) is 1. The Morgan fingerprint density at radius 1 is 0.935 bits per heavy atom. The van der Waals surface area contributed by atoms with Gasteiger partial charge in [-0.05, 0) is 92.7 Å². The molecule has 62 heavy (non-hydrogen) atoms. The number of rotatable bonds is 21. The zero-order valence-corrected chi connectivity index (χ0v) is 37.0. The van der Waals surface area contributed by atoms with Gasteiger partial charge in [0.05, 0.1) is 11.4 Å². The molecule has 3 heterocycles. The number of fused-ring (bicyclic) bond motifs is 1. The lowest BCUT2D eigenvalue weighted by Crippen LogP contribution is -2.53. The average molecular weight is 861 g/mol. The van der Waals surface area contributed by atoms with Gasteiger partial charge >= 0.3 is 35.9 Å². The van der Waals surface area contributed by atoms with Crippen LogP contribution in [0.25, 0.3) is 15.9 Å². The Hall–Kier alpha value is -6.05. The van der Waals surface area contributed by atoms with Crippen LogP contribution in [0.1, 0.15) is 102 Å². The van der Waals surface area contributed by atoms with E-state index in [1.54, 1.807) is 43.1 Å². The molecular formula is C45H60N6O11. The van der Waals surface area contributed by atoms with Crippen molar-refractivity contribution >= 4 is 52.7 Å². The quantitative estimate of drug-likeness (QED) is 0.0487. The molecule has 0 spiro atoms. The Labute approximate surface area is 363 Å². The highest BCUT2D eigenvalue weighted by atomic mass is 16.6. The number of benzene rings is 1. The van der Waals surface area contributed by atoms with Gasteiger partial charge in [-0.25, -0.2) is 25.9 Å². The van der Waals surface area contributed by atoms with Crippen molar-refractivity contribution in [1.29, 1.82) is 0 Å². The van der Waals surface area contributed by atoms with E-state index in [0.29, 0.717) is 78.1 Å². The van der Waals surface area contributed by atoms with E-state index in [9.17, 15) is 28.8 Å². The lowest BCUT2D eigenvalue weighted by molar-refractivity contribution is -0.167. The molecule has 336 valence electrons. The number of anilines is 1. The molecule has 17 heteroatoms. The topological polar surface area (TPSA) is 190 Å². The van der Waals surface area contributed by atoms with E-state index >= 15 is 0 Å². The SMILES string of the molecule is [C-]#[N+]CC(=O)N1CC[C@@H](C)C(N(C)c2ncnc3c2ccn3C(=O)OCc2cc(C)c(OC(=O)CCCC(C)CC(=O)OC(COC(=O)CCC)COC(=O)CCC)c(C)c2)C1. The second-order valence-corrected chi connectivity index (χ2v) is 16.0. The maximum atomic E-state index is 13.4. The molecule has 3 atom stereocenters. The van der Waals surface area contributed by atoms with E-state index in [1.807, 2.05) is 32.7 Å². The second-order valence-electron chi connectivity index (χ2n) is 16.0. The molecule has 1 amide bonds. The van der Waals surface area contributed by atoms with Gasteiger partial charge in [0.25, 0.3) is 6.54 Å². The van der Waals surface area contributed by atoms with Gasteiger partial charge in [-0.15, -0.1) is 0 Å². The number of carbonyl (C=O) groups excluding carboxylic acids is 6. The third kappa shape index (κ3) is 14.0. The average Bonchev–Trinajstić information content (AvgIpc) is 3.67. The van der Waals surface area contributed by atoms with Gasteiger partial charge in [0.1, 0.15) is 37.7 Å². The fraction of sp³-hybridized carbons (Fsp3) is 0.578. The molecule has 0 N–H and O–H groups in total. The number of hydrogen-bond donors (Lipinski definition) is 0. The second kappa shape index (κ2) is 23.8. The van der Waals surface area contributed by atoms with Crippen LogP contribution >= 0.6 is 0 Å². The normalized spacial score (nSPS) is 15.4. The van der Waals surface area contributed by atoms with Crippen molar-refractivity contribution in [1.82, 2.24) is 19.4 Å². The summed E-state index contributed by atoms with van der Waals surface area (Å²) in [6, 6.07) is 5.29. The summed E-state index contributed by atoms with van der Waals surface area (Å²) in [6.45, 7) is 18.8. The molecule has 1 saturated heterocycles. The highest BCUT2D eigenvalue weighted by Crippen LogP contribution is 2.30. The number of carbonyl (C=O) groups is 6. The third-order valence-electron chi connectivity index (χ3n) is 10.7. The van der Waals surface area contributed by atoms with Gasteiger partial charge in [-0.3, -0.25) is 24.0 Å². The molecule has 1 fully saturated rings. The minimum absolute atomic E-state index is 0.0462. The summed E-state index contributed by atoms with van der Waals surface area (Å²) < 4.78 is 28.6. The highest BCUT2D eigenvalue weighted by Gasteiger charge is 2.34. The van der Waals surface area contributed by atoms with Gasteiger partial charge < -0.3 is 38.3 Å². The first-order valence-corrected chi connectivity index (χ1v) is 21.3. The smallest absolute Gasteiger partial charge is 0.420 e. The summed E-state index contributed by atoms with van der Waals surface area (Å²) in [6.07, 6.45) is 5.06. The van der Waals surface area contributed by atoms with Crippen molar-refractivity contribution < 1.29 is 52.5 Å². The number of amides is 1. The first-order chi connectivity index (χ1) is 29.6. The Kier molecular flexibility index (Phi) is 18.7. The van der Waals surface area contributed by atoms with Crippen molar-refractivity contribution in [2.75, 3.05) is 44.8 Å². The lowest BCUT2D eigenvalue weighted by Gasteiger charge is -2.41. The maximum absolute atomic E-state index is 13.4. The van der Waals surface area contributed by atoms with Gasteiger partial charge in [0.15, 0.2) is 11.8 Å². The van der Waals surface area contributed by atoms with E-state index in [4.69, 9.17) is 30.3 Å². The largest absolute Gasteiger partial charge is 0.462 e. The van der Waals surface area contributed by atoms with E-state index in [2.05, 4.69) is 21.7 Å². The van der Waals surface area contributed by atoms with E-state index < -0.39 is 36.1 Å².